The summed E-state index contributed by atoms with van der Waals surface area (Å²) in [4.78, 5) is 34.5. The van der Waals surface area contributed by atoms with Crippen LogP contribution < -0.4 is 0 Å². The van der Waals surface area contributed by atoms with E-state index in [9.17, 15) is 14.7 Å². The quantitative estimate of drug-likeness (QED) is 0.772. The molecule has 3 heterocycles. The lowest BCUT2D eigenvalue weighted by molar-refractivity contribution is -0.143. The van der Waals surface area contributed by atoms with Crippen molar-refractivity contribution in [2.24, 2.45) is 11.8 Å². The Morgan fingerprint density at radius 3 is 2.67 bits per heavy atom. The average Bonchev–Trinajstić information content (AvgIpc) is 3.11. The normalized spacial score (nSPS) is 20.0. The highest BCUT2D eigenvalue weighted by atomic mass is 16.4. The van der Waals surface area contributed by atoms with Gasteiger partial charge in [0.2, 0.25) is 0 Å². The predicted octanol–water partition coefficient (Wildman–Crippen LogP) is 2.60. The molecule has 0 spiro atoms. The van der Waals surface area contributed by atoms with Crippen LogP contribution in [0.3, 0.4) is 0 Å². The van der Waals surface area contributed by atoms with Crippen molar-refractivity contribution in [3.05, 3.63) is 54.5 Å². The van der Waals surface area contributed by atoms with Crippen molar-refractivity contribution in [2.75, 3.05) is 13.1 Å². The van der Waals surface area contributed by atoms with E-state index in [0.717, 1.165) is 11.0 Å². The van der Waals surface area contributed by atoms with Gasteiger partial charge in [0.15, 0.2) is 0 Å². The van der Waals surface area contributed by atoms with E-state index in [-0.39, 0.29) is 18.4 Å². The van der Waals surface area contributed by atoms with Crippen LogP contribution >= 0.6 is 0 Å². The first-order valence-corrected chi connectivity index (χ1v) is 8.93. The Labute approximate surface area is 156 Å². The summed E-state index contributed by atoms with van der Waals surface area (Å²) in [7, 11) is 0. The van der Waals surface area contributed by atoms with E-state index in [0.29, 0.717) is 24.3 Å². The molecule has 2 atom stereocenters. The van der Waals surface area contributed by atoms with Gasteiger partial charge in [-0.05, 0) is 36.6 Å². The fraction of sp³-hybridized carbons (Fsp3) is 0.300. The first-order chi connectivity index (χ1) is 13.0. The third-order valence-corrected chi connectivity index (χ3v) is 4.99. The third kappa shape index (κ3) is 3.28. The number of benzene rings is 1. The molecule has 4 rings (SSSR count). The van der Waals surface area contributed by atoms with Crippen LogP contribution in [0.4, 0.5) is 0 Å². The maximum Gasteiger partial charge on any atom is 0.308 e. The number of likely N-dealkylation sites (tertiary alicyclic amines) is 1. The van der Waals surface area contributed by atoms with Crippen LogP contribution in [0.2, 0.25) is 0 Å². The molecule has 0 radical (unpaired) electrons. The number of hydrogen-bond donors (Lipinski definition) is 1. The third-order valence-electron chi connectivity index (χ3n) is 4.99. The summed E-state index contributed by atoms with van der Waals surface area (Å²) in [5.41, 5.74) is 2.28. The van der Waals surface area contributed by atoms with Crippen molar-refractivity contribution in [1.82, 2.24) is 19.4 Å². The summed E-state index contributed by atoms with van der Waals surface area (Å²) >= 11 is 0. The monoisotopic (exact) mass is 364 g/mol. The molecule has 0 saturated carbocycles. The van der Waals surface area contributed by atoms with Gasteiger partial charge in [0.1, 0.15) is 12.1 Å². The lowest BCUT2D eigenvalue weighted by atomic mass is 9.90. The zero-order valence-corrected chi connectivity index (χ0v) is 14.9. The summed E-state index contributed by atoms with van der Waals surface area (Å²) in [5, 5.41) is 9.30. The van der Waals surface area contributed by atoms with Crippen molar-refractivity contribution in [1.29, 1.82) is 0 Å². The molecule has 3 aromatic rings. The zero-order chi connectivity index (χ0) is 19.0. The number of hydrogen-bond acceptors (Lipinski definition) is 4. The number of para-hydroxylation sites is 2. The van der Waals surface area contributed by atoms with Crippen molar-refractivity contribution in [2.45, 2.75) is 13.3 Å². The molecule has 2 unspecified atom stereocenters. The van der Waals surface area contributed by atoms with Crippen LogP contribution in [-0.4, -0.2) is 49.5 Å². The number of amides is 1. The number of fused-ring (bicyclic) bond motifs is 1. The van der Waals surface area contributed by atoms with Gasteiger partial charge in [-0.3, -0.25) is 14.2 Å². The summed E-state index contributed by atoms with van der Waals surface area (Å²) in [6, 6.07) is 11.3. The highest BCUT2D eigenvalue weighted by molar-refractivity contribution is 5.94. The van der Waals surface area contributed by atoms with Gasteiger partial charge in [-0.2, -0.15) is 0 Å². The highest BCUT2D eigenvalue weighted by Crippen LogP contribution is 2.23. The number of carbonyl (C=O) groups excluding carboxylic acids is 1. The Bertz CT molecular complexity index is 996. The maximum absolute atomic E-state index is 12.8. The van der Waals surface area contributed by atoms with E-state index in [1.807, 2.05) is 35.8 Å². The number of aliphatic carboxylic acids is 1. The number of rotatable bonds is 3. The Balaban J connectivity index is 1.57. The van der Waals surface area contributed by atoms with E-state index in [4.69, 9.17) is 0 Å². The van der Waals surface area contributed by atoms with Crippen LogP contribution in [0, 0.1) is 11.8 Å². The molecule has 1 aliphatic heterocycles. The van der Waals surface area contributed by atoms with Crippen LogP contribution in [0.15, 0.2) is 48.9 Å². The molecule has 1 aromatic carbocycles. The van der Waals surface area contributed by atoms with Gasteiger partial charge in [-0.25, -0.2) is 9.97 Å². The van der Waals surface area contributed by atoms with Gasteiger partial charge >= 0.3 is 5.97 Å². The molecule has 0 bridgehead atoms. The number of carboxylic acid groups (broad SMARTS) is 1. The van der Waals surface area contributed by atoms with Gasteiger partial charge in [0.05, 0.1) is 22.5 Å². The van der Waals surface area contributed by atoms with E-state index < -0.39 is 11.9 Å². The number of pyridine rings is 1. The van der Waals surface area contributed by atoms with Crippen LogP contribution in [-0.2, 0) is 4.79 Å². The minimum Gasteiger partial charge on any atom is -0.481 e. The second-order valence-corrected chi connectivity index (χ2v) is 7.09. The van der Waals surface area contributed by atoms with Crippen LogP contribution in [0.25, 0.3) is 16.9 Å². The maximum atomic E-state index is 12.8. The molecule has 1 saturated heterocycles. The molecule has 27 heavy (non-hydrogen) atoms. The van der Waals surface area contributed by atoms with Gasteiger partial charge in [-0.15, -0.1) is 0 Å². The second-order valence-electron chi connectivity index (χ2n) is 7.09. The van der Waals surface area contributed by atoms with Crippen LogP contribution in [0.1, 0.15) is 23.7 Å². The van der Waals surface area contributed by atoms with Crippen molar-refractivity contribution < 1.29 is 14.7 Å². The molecule has 7 nitrogen and oxygen atoms in total. The van der Waals surface area contributed by atoms with Gasteiger partial charge in [0, 0.05) is 19.3 Å². The van der Waals surface area contributed by atoms with Gasteiger partial charge < -0.3 is 10.0 Å². The van der Waals surface area contributed by atoms with Crippen molar-refractivity contribution in [3.63, 3.8) is 0 Å². The number of aromatic nitrogens is 3. The average molecular weight is 364 g/mol. The summed E-state index contributed by atoms with van der Waals surface area (Å²) in [5.74, 6) is -0.701. The van der Waals surface area contributed by atoms with E-state index in [1.54, 1.807) is 29.6 Å². The largest absolute Gasteiger partial charge is 0.481 e. The smallest absolute Gasteiger partial charge is 0.308 e. The molecular formula is C20H20N4O3. The standard InChI is InChI=1S/C20H20N4O3/c1-13-8-15(20(26)27)11-23(10-13)19(25)14-6-7-18(21-9-14)24-12-22-16-4-2-3-5-17(16)24/h2-7,9,12-13,15H,8,10-11H2,1H3,(H,26,27). The predicted molar refractivity (Wildman–Crippen MR) is 99.7 cm³/mol. The Hall–Kier alpha value is -3.22. The topological polar surface area (TPSA) is 88.3 Å². The van der Waals surface area contributed by atoms with E-state index >= 15 is 0 Å². The SMILES string of the molecule is CC1CC(C(=O)O)CN(C(=O)c2ccc(-n3cnc4ccccc43)nc2)C1. The summed E-state index contributed by atoms with van der Waals surface area (Å²) in [6.07, 6.45) is 3.85. The molecule has 1 fully saturated rings. The number of carboxylic acids is 1. The molecule has 1 N–H and O–H groups in total. The second kappa shape index (κ2) is 6.83. The van der Waals surface area contributed by atoms with Crippen molar-refractivity contribution >= 4 is 22.9 Å². The first kappa shape index (κ1) is 17.2. The molecule has 2 aromatic heterocycles. The lowest BCUT2D eigenvalue weighted by Gasteiger charge is -2.34. The Morgan fingerprint density at radius 2 is 1.93 bits per heavy atom. The number of carbonyl (C=O) groups is 2. The molecule has 138 valence electrons. The van der Waals surface area contributed by atoms with Gasteiger partial charge in [0.25, 0.3) is 5.91 Å². The molecule has 1 amide bonds. The first-order valence-electron chi connectivity index (χ1n) is 8.93. The minimum atomic E-state index is -0.847. The summed E-state index contributed by atoms with van der Waals surface area (Å²) < 4.78 is 1.87. The molecule has 7 heteroatoms. The minimum absolute atomic E-state index is 0.161. The summed E-state index contributed by atoms with van der Waals surface area (Å²) in [6.45, 7) is 2.78. The fourth-order valence-corrected chi connectivity index (χ4v) is 3.68. The Morgan fingerprint density at radius 1 is 1.11 bits per heavy atom. The lowest BCUT2D eigenvalue weighted by Crippen LogP contribution is -2.45. The fourth-order valence-electron chi connectivity index (χ4n) is 3.68. The molecule has 1 aliphatic rings. The highest BCUT2D eigenvalue weighted by Gasteiger charge is 2.32. The number of piperidine rings is 1. The number of nitrogens with zero attached hydrogens (tertiary/aromatic N) is 4. The van der Waals surface area contributed by atoms with Gasteiger partial charge in [-0.1, -0.05) is 19.1 Å². The Kier molecular flexibility index (Phi) is 4.35. The van der Waals surface area contributed by atoms with E-state index in [2.05, 4.69) is 9.97 Å². The van der Waals surface area contributed by atoms with Crippen LogP contribution in [0.5, 0.6) is 0 Å². The van der Waals surface area contributed by atoms with Crippen molar-refractivity contribution in [3.8, 4) is 5.82 Å². The zero-order valence-electron chi connectivity index (χ0n) is 14.9. The molecular weight excluding hydrogens is 344 g/mol. The van der Waals surface area contributed by atoms with E-state index in [1.165, 1.54) is 0 Å². The number of imidazole rings is 1. The molecule has 0 aliphatic carbocycles.